The minimum Gasteiger partial charge on any atom is -0.309 e. The monoisotopic (exact) mass is 307 g/mol. The molecule has 1 nitrogen and oxygen atoms in total. The summed E-state index contributed by atoms with van der Waals surface area (Å²) in [5, 5.41) is 2.58. The second-order valence-corrected chi connectivity index (χ2v) is 6.37. The minimum absolute atomic E-state index is 1.26. The van der Waals surface area contributed by atoms with E-state index in [0.717, 1.165) is 0 Å². The lowest BCUT2D eigenvalue weighted by Gasteiger charge is -2.06. The number of hydrogen-bond acceptors (Lipinski definition) is 0. The molecule has 0 aliphatic rings. The first-order chi connectivity index (χ1) is 11.8. The van der Waals surface area contributed by atoms with E-state index in [9.17, 15) is 0 Å². The molecule has 0 aliphatic heterocycles. The van der Waals surface area contributed by atoms with E-state index in [2.05, 4.69) is 96.3 Å². The highest BCUT2D eigenvalue weighted by Gasteiger charge is 2.14. The second-order valence-electron chi connectivity index (χ2n) is 6.37. The van der Waals surface area contributed by atoms with E-state index in [4.69, 9.17) is 0 Å². The summed E-state index contributed by atoms with van der Waals surface area (Å²) < 4.78 is 2.40. The third-order valence-corrected chi connectivity index (χ3v) is 4.82. The highest BCUT2D eigenvalue weighted by Crippen LogP contribution is 2.37. The number of para-hydroxylation sites is 1. The van der Waals surface area contributed by atoms with Gasteiger partial charge in [-0.05, 0) is 42.1 Å². The summed E-state index contributed by atoms with van der Waals surface area (Å²) in [5.74, 6) is 0. The van der Waals surface area contributed by atoms with Crippen molar-refractivity contribution in [3.8, 4) is 11.1 Å². The normalized spacial score (nSPS) is 11.5. The number of hydrogen-bond donors (Lipinski definition) is 0. The summed E-state index contributed by atoms with van der Waals surface area (Å²) >= 11 is 0. The van der Waals surface area contributed by atoms with Gasteiger partial charge < -0.3 is 4.40 Å². The molecule has 3 aromatic carbocycles. The van der Waals surface area contributed by atoms with Crippen molar-refractivity contribution in [2.45, 2.75) is 6.92 Å². The zero-order valence-electron chi connectivity index (χ0n) is 13.5. The highest BCUT2D eigenvalue weighted by atomic mass is 14.9. The van der Waals surface area contributed by atoms with Crippen LogP contribution in [0.3, 0.4) is 0 Å². The Bertz CT molecular complexity index is 1200. The van der Waals surface area contributed by atoms with E-state index < -0.39 is 0 Å². The average Bonchev–Trinajstić information content (AvgIpc) is 2.97. The summed E-state index contributed by atoms with van der Waals surface area (Å²) in [6.45, 7) is 2.15. The van der Waals surface area contributed by atoms with E-state index in [0.29, 0.717) is 0 Å². The van der Waals surface area contributed by atoms with Gasteiger partial charge >= 0.3 is 0 Å². The van der Waals surface area contributed by atoms with Gasteiger partial charge in [0.15, 0.2) is 0 Å². The van der Waals surface area contributed by atoms with Crippen molar-refractivity contribution in [1.82, 2.24) is 4.40 Å². The molecule has 2 aromatic heterocycles. The number of pyridine rings is 1. The third-order valence-electron chi connectivity index (χ3n) is 4.82. The summed E-state index contributed by atoms with van der Waals surface area (Å²) in [6, 6.07) is 30.5. The number of nitrogens with zero attached hydrogens (tertiary/aromatic N) is 1. The standard InChI is InChI=1S/C23H17N/c1-16-11-13-20-18(15-16)12-14-22-23(17-7-3-2-4-8-17)19-9-5-6-10-21(19)24(20)22/h2-15H,1H3. The van der Waals surface area contributed by atoms with Crippen LogP contribution in [0, 0.1) is 6.92 Å². The molecule has 0 bridgehead atoms. The average molecular weight is 307 g/mol. The predicted octanol–water partition coefficient (Wildman–Crippen LogP) is 6.22. The van der Waals surface area contributed by atoms with Crippen LogP contribution in [0.15, 0.2) is 84.9 Å². The molecular formula is C23H17N. The number of aromatic nitrogens is 1. The van der Waals surface area contributed by atoms with Crippen LogP contribution >= 0.6 is 0 Å². The van der Waals surface area contributed by atoms with Crippen molar-refractivity contribution in [3.05, 3.63) is 90.5 Å². The Morgan fingerprint density at radius 1 is 0.625 bits per heavy atom. The maximum Gasteiger partial charge on any atom is 0.0547 e. The van der Waals surface area contributed by atoms with E-state index in [1.54, 1.807) is 0 Å². The maximum absolute atomic E-state index is 2.40. The van der Waals surface area contributed by atoms with E-state index in [-0.39, 0.29) is 0 Å². The largest absolute Gasteiger partial charge is 0.309 e. The lowest BCUT2D eigenvalue weighted by Crippen LogP contribution is -1.88. The molecule has 2 heterocycles. The molecule has 5 aromatic rings. The topological polar surface area (TPSA) is 4.41 Å². The van der Waals surface area contributed by atoms with E-state index in [1.165, 1.54) is 44.0 Å². The summed E-state index contributed by atoms with van der Waals surface area (Å²) in [4.78, 5) is 0. The van der Waals surface area contributed by atoms with Gasteiger partial charge in [0.1, 0.15) is 0 Å². The fourth-order valence-electron chi connectivity index (χ4n) is 3.76. The Labute approximate surface area is 140 Å². The van der Waals surface area contributed by atoms with E-state index >= 15 is 0 Å². The molecule has 0 atom stereocenters. The first-order valence-corrected chi connectivity index (χ1v) is 8.31. The quantitative estimate of drug-likeness (QED) is 0.346. The van der Waals surface area contributed by atoms with Crippen LogP contribution < -0.4 is 0 Å². The molecule has 24 heavy (non-hydrogen) atoms. The minimum atomic E-state index is 1.26. The lowest BCUT2D eigenvalue weighted by atomic mass is 10.0. The molecule has 5 rings (SSSR count). The molecule has 0 saturated heterocycles. The molecule has 0 fully saturated rings. The first-order valence-electron chi connectivity index (χ1n) is 8.31. The molecule has 0 amide bonds. The zero-order valence-corrected chi connectivity index (χ0v) is 13.5. The Kier molecular flexibility index (Phi) is 2.77. The fraction of sp³-hybridized carbons (Fsp3) is 0.0435. The molecule has 0 saturated carbocycles. The van der Waals surface area contributed by atoms with Gasteiger partial charge in [-0.1, -0.05) is 66.2 Å². The summed E-state index contributed by atoms with van der Waals surface area (Å²) in [6.07, 6.45) is 0. The molecule has 0 unspecified atom stereocenters. The van der Waals surface area contributed by atoms with Crippen LogP contribution in [0.5, 0.6) is 0 Å². The lowest BCUT2D eigenvalue weighted by molar-refractivity contribution is 1.32. The van der Waals surface area contributed by atoms with Crippen LogP contribution in [0.2, 0.25) is 0 Å². The number of benzene rings is 3. The molecule has 1 heteroatoms. The molecule has 0 N–H and O–H groups in total. The summed E-state index contributed by atoms with van der Waals surface area (Å²) in [7, 11) is 0. The van der Waals surface area contributed by atoms with Gasteiger partial charge in [-0.2, -0.15) is 0 Å². The Morgan fingerprint density at radius 2 is 1.38 bits per heavy atom. The van der Waals surface area contributed by atoms with Gasteiger partial charge in [-0.15, -0.1) is 0 Å². The number of fused-ring (bicyclic) bond motifs is 5. The first kappa shape index (κ1) is 13.4. The zero-order chi connectivity index (χ0) is 16.1. The van der Waals surface area contributed by atoms with Crippen molar-refractivity contribution in [2.24, 2.45) is 0 Å². The van der Waals surface area contributed by atoms with Crippen LogP contribution in [0.1, 0.15) is 5.56 Å². The van der Waals surface area contributed by atoms with Crippen LogP contribution in [0.25, 0.3) is 38.4 Å². The van der Waals surface area contributed by atoms with Gasteiger partial charge in [-0.25, -0.2) is 0 Å². The van der Waals surface area contributed by atoms with Crippen LogP contribution in [-0.2, 0) is 0 Å². The Balaban J connectivity index is 2.04. The van der Waals surface area contributed by atoms with Crippen LogP contribution in [0.4, 0.5) is 0 Å². The molecule has 0 aliphatic carbocycles. The SMILES string of the molecule is Cc1ccc2c(ccc3c(-c4ccccc4)c4ccccc4n32)c1. The molecule has 0 spiro atoms. The third kappa shape index (κ3) is 1.82. The van der Waals surface area contributed by atoms with Crippen molar-refractivity contribution in [3.63, 3.8) is 0 Å². The van der Waals surface area contributed by atoms with Crippen molar-refractivity contribution < 1.29 is 0 Å². The Morgan fingerprint density at radius 3 is 2.25 bits per heavy atom. The molecular weight excluding hydrogens is 290 g/mol. The highest BCUT2D eigenvalue weighted by molar-refractivity contribution is 6.08. The van der Waals surface area contributed by atoms with Gasteiger partial charge in [0.05, 0.1) is 16.6 Å². The second kappa shape index (κ2) is 4.97. The number of rotatable bonds is 1. The van der Waals surface area contributed by atoms with Crippen molar-refractivity contribution in [2.75, 3.05) is 0 Å². The predicted molar refractivity (Wildman–Crippen MR) is 103 cm³/mol. The van der Waals surface area contributed by atoms with E-state index in [1.807, 2.05) is 0 Å². The van der Waals surface area contributed by atoms with Crippen molar-refractivity contribution >= 4 is 27.3 Å². The molecule has 114 valence electrons. The van der Waals surface area contributed by atoms with Gasteiger partial charge in [0, 0.05) is 10.9 Å². The number of aryl methyl sites for hydroxylation is 1. The van der Waals surface area contributed by atoms with Crippen LogP contribution in [-0.4, -0.2) is 4.40 Å². The van der Waals surface area contributed by atoms with Crippen molar-refractivity contribution in [1.29, 1.82) is 0 Å². The smallest absolute Gasteiger partial charge is 0.0547 e. The van der Waals surface area contributed by atoms with Gasteiger partial charge in [-0.3, -0.25) is 0 Å². The maximum atomic E-state index is 2.40. The Hall–Kier alpha value is -3.06. The van der Waals surface area contributed by atoms with Gasteiger partial charge in [0.25, 0.3) is 0 Å². The van der Waals surface area contributed by atoms with Gasteiger partial charge in [0.2, 0.25) is 0 Å². The summed E-state index contributed by atoms with van der Waals surface area (Å²) in [5.41, 5.74) is 7.66. The fourth-order valence-corrected chi connectivity index (χ4v) is 3.76. The molecule has 0 radical (unpaired) electrons.